The highest BCUT2D eigenvalue weighted by Gasteiger charge is 2.05. The summed E-state index contributed by atoms with van der Waals surface area (Å²) in [5.74, 6) is 0.868. The molecule has 88 valence electrons. The van der Waals surface area contributed by atoms with Crippen molar-refractivity contribution in [2.45, 2.75) is 12.8 Å². The molecule has 0 amide bonds. The van der Waals surface area contributed by atoms with Crippen LogP contribution in [0.5, 0.6) is 0 Å². The molecule has 1 aromatic carbocycles. The number of hydrogen-bond donors (Lipinski definition) is 1. The molecule has 0 radical (unpaired) electrons. The van der Waals surface area contributed by atoms with Gasteiger partial charge in [-0.1, -0.05) is 42.1 Å². The molecule has 2 aromatic rings. The summed E-state index contributed by atoms with van der Waals surface area (Å²) in [5, 5.41) is 0.128. The van der Waals surface area contributed by atoms with Crippen LogP contribution in [0.25, 0.3) is 0 Å². The molecule has 3 heteroatoms. The van der Waals surface area contributed by atoms with Crippen molar-refractivity contribution in [3.63, 3.8) is 0 Å². The van der Waals surface area contributed by atoms with Gasteiger partial charge in [0.05, 0.1) is 5.69 Å². The average Bonchev–Trinajstić information content (AvgIpc) is 2.89. The van der Waals surface area contributed by atoms with Gasteiger partial charge in [0.25, 0.3) is 0 Å². The molecule has 0 saturated heterocycles. The lowest BCUT2D eigenvalue weighted by molar-refractivity contribution is 0.108. The Labute approximate surface area is 105 Å². The zero-order valence-corrected chi connectivity index (χ0v) is 10.4. The van der Waals surface area contributed by atoms with Crippen molar-refractivity contribution in [3.8, 4) is 0 Å². The fraction of sp³-hybridized carbons (Fsp3) is 0.214. The van der Waals surface area contributed by atoms with E-state index in [1.54, 1.807) is 6.20 Å². The fourth-order valence-electron chi connectivity index (χ4n) is 1.62. The number of thioether (sulfide) groups is 1. The van der Waals surface area contributed by atoms with Crippen molar-refractivity contribution in [3.05, 3.63) is 59.9 Å². The van der Waals surface area contributed by atoms with Crippen LogP contribution in [0.1, 0.15) is 22.5 Å². The first kappa shape index (κ1) is 12.0. The van der Waals surface area contributed by atoms with E-state index in [0.717, 1.165) is 18.6 Å². The largest absolute Gasteiger partial charge is 0.358 e. The zero-order chi connectivity index (χ0) is 11.9. The van der Waals surface area contributed by atoms with E-state index >= 15 is 0 Å². The molecule has 1 aromatic heterocycles. The Kier molecular flexibility index (Phi) is 4.45. The third-order valence-corrected chi connectivity index (χ3v) is 3.48. The maximum absolute atomic E-state index is 11.6. The number of hydrogen-bond acceptors (Lipinski definition) is 2. The number of benzene rings is 1. The monoisotopic (exact) mass is 245 g/mol. The molecule has 0 spiro atoms. The number of H-pyrrole nitrogens is 1. The Balaban J connectivity index is 1.69. The van der Waals surface area contributed by atoms with Crippen LogP contribution in [0, 0.1) is 0 Å². The summed E-state index contributed by atoms with van der Waals surface area (Å²) < 4.78 is 0. The minimum Gasteiger partial charge on any atom is -0.358 e. The highest BCUT2D eigenvalue weighted by molar-refractivity contribution is 8.14. The summed E-state index contributed by atoms with van der Waals surface area (Å²) in [6, 6.07) is 14.0. The van der Waals surface area contributed by atoms with Crippen LogP contribution >= 0.6 is 11.8 Å². The molecule has 0 aliphatic carbocycles. The lowest BCUT2D eigenvalue weighted by atomic mass is 10.1. The highest BCUT2D eigenvalue weighted by atomic mass is 32.2. The molecule has 0 atom stereocenters. The number of carbonyl (C=O) groups excluding carboxylic acids is 1. The van der Waals surface area contributed by atoms with Gasteiger partial charge in [-0.2, -0.15) is 0 Å². The second-order valence-corrected chi connectivity index (χ2v) is 4.88. The van der Waals surface area contributed by atoms with Crippen molar-refractivity contribution in [2.24, 2.45) is 0 Å². The SMILES string of the molecule is O=C(SCCCc1ccccc1)c1ccc[nH]1. The summed E-state index contributed by atoms with van der Waals surface area (Å²) >= 11 is 1.38. The Hall–Kier alpha value is -1.48. The van der Waals surface area contributed by atoms with E-state index < -0.39 is 0 Å². The molecule has 1 heterocycles. The minimum absolute atomic E-state index is 0.128. The molecular weight excluding hydrogens is 230 g/mol. The van der Waals surface area contributed by atoms with Gasteiger partial charge >= 0.3 is 0 Å². The van der Waals surface area contributed by atoms with Crippen molar-refractivity contribution in [1.29, 1.82) is 0 Å². The minimum atomic E-state index is 0.128. The number of aromatic amines is 1. The van der Waals surface area contributed by atoms with Gasteiger partial charge in [0.1, 0.15) is 0 Å². The van der Waals surface area contributed by atoms with Crippen LogP contribution < -0.4 is 0 Å². The van der Waals surface area contributed by atoms with Gasteiger partial charge < -0.3 is 4.98 Å². The van der Waals surface area contributed by atoms with Gasteiger partial charge in [0, 0.05) is 11.9 Å². The second kappa shape index (κ2) is 6.30. The Morgan fingerprint density at radius 1 is 1.12 bits per heavy atom. The molecule has 0 unspecified atom stereocenters. The predicted octanol–water partition coefficient (Wildman–Crippen LogP) is 3.52. The zero-order valence-electron chi connectivity index (χ0n) is 9.56. The van der Waals surface area contributed by atoms with Gasteiger partial charge in [0.2, 0.25) is 5.12 Å². The summed E-state index contributed by atoms with van der Waals surface area (Å²) in [6.07, 6.45) is 3.84. The summed E-state index contributed by atoms with van der Waals surface area (Å²) in [5.41, 5.74) is 2.02. The molecule has 0 aliphatic rings. The van der Waals surface area contributed by atoms with Crippen molar-refractivity contribution >= 4 is 16.9 Å². The first-order valence-electron chi connectivity index (χ1n) is 5.71. The smallest absolute Gasteiger partial charge is 0.235 e. The number of carbonyl (C=O) groups is 1. The molecular formula is C14H15NOS. The fourth-order valence-corrected chi connectivity index (χ4v) is 2.38. The van der Waals surface area contributed by atoms with E-state index in [1.807, 2.05) is 30.3 Å². The van der Waals surface area contributed by atoms with E-state index in [4.69, 9.17) is 0 Å². The lowest BCUT2D eigenvalue weighted by Gasteiger charge is -2.00. The van der Waals surface area contributed by atoms with E-state index in [9.17, 15) is 4.79 Å². The Morgan fingerprint density at radius 3 is 2.65 bits per heavy atom. The molecule has 0 aliphatic heterocycles. The highest BCUT2D eigenvalue weighted by Crippen LogP contribution is 2.13. The van der Waals surface area contributed by atoms with Gasteiger partial charge in [-0.05, 0) is 30.5 Å². The standard InChI is InChI=1S/C14H15NOS/c16-14(13-9-4-10-15-13)17-11-5-8-12-6-2-1-3-7-12/h1-4,6-7,9-10,15H,5,8,11H2. The number of rotatable bonds is 5. The van der Waals surface area contributed by atoms with Crippen LogP contribution in [-0.2, 0) is 6.42 Å². The molecule has 2 rings (SSSR count). The third kappa shape index (κ3) is 3.79. The number of aromatic nitrogens is 1. The molecule has 1 N–H and O–H groups in total. The molecule has 0 bridgehead atoms. The third-order valence-electron chi connectivity index (χ3n) is 2.50. The van der Waals surface area contributed by atoms with E-state index in [2.05, 4.69) is 17.1 Å². The quantitative estimate of drug-likeness (QED) is 0.817. The van der Waals surface area contributed by atoms with E-state index in [0.29, 0.717) is 5.69 Å². The second-order valence-electron chi connectivity index (χ2n) is 3.81. The Morgan fingerprint density at radius 2 is 1.94 bits per heavy atom. The first-order valence-corrected chi connectivity index (χ1v) is 6.69. The normalized spacial score (nSPS) is 10.4. The molecule has 0 saturated carbocycles. The lowest BCUT2D eigenvalue weighted by Crippen LogP contribution is -1.96. The summed E-state index contributed by atoms with van der Waals surface area (Å²) in [7, 11) is 0. The van der Waals surface area contributed by atoms with Crippen LogP contribution in [0.2, 0.25) is 0 Å². The topological polar surface area (TPSA) is 32.9 Å². The van der Waals surface area contributed by atoms with E-state index in [-0.39, 0.29) is 5.12 Å². The maximum atomic E-state index is 11.6. The maximum Gasteiger partial charge on any atom is 0.235 e. The van der Waals surface area contributed by atoms with Gasteiger partial charge in [-0.25, -0.2) is 0 Å². The predicted molar refractivity (Wildman–Crippen MR) is 72.3 cm³/mol. The summed E-state index contributed by atoms with van der Waals surface area (Å²) in [4.78, 5) is 14.6. The van der Waals surface area contributed by atoms with Crippen molar-refractivity contribution < 1.29 is 4.79 Å². The van der Waals surface area contributed by atoms with Crippen LogP contribution in [0.15, 0.2) is 48.7 Å². The molecule has 0 fully saturated rings. The molecule has 17 heavy (non-hydrogen) atoms. The number of nitrogens with one attached hydrogen (secondary N) is 1. The first-order chi connectivity index (χ1) is 8.36. The van der Waals surface area contributed by atoms with Crippen molar-refractivity contribution in [1.82, 2.24) is 4.98 Å². The van der Waals surface area contributed by atoms with Gasteiger partial charge in [0.15, 0.2) is 0 Å². The molecule has 2 nitrogen and oxygen atoms in total. The Bertz CT molecular complexity index is 450. The van der Waals surface area contributed by atoms with E-state index in [1.165, 1.54) is 17.3 Å². The van der Waals surface area contributed by atoms with Crippen LogP contribution in [0.3, 0.4) is 0 Å². The van der Waals surface area contributed by atoms with Crippen LogP contribution in [-0.4, -0.2) is 15.9 Å². The average molecular weight is 245 g/mol. The number of aryl methyl sites for hydroxylation is 1. The van der Waals surface area contributed by atoms with Crippen molar-refractivity contribution in [2.75, 3.05) is 5.75 Å². The van der Waals surface area contributed by atoms with Crippen LogP contribution in [0.4, 0.5) is 0 Å². The van der Waals surface area contributed by atoms with Gasteiger partial charge in [-0.3, -0.25) is 4.79 Å². The van der Waals surface area contributed by atoms with Gasteiger partial charge in [-0.15, -0.1) is 0 Å². The summed E-state index contributed by atoms with van der Waals surface area (Å²) in [6.45, 7) is 0.